The monoisotopic (exact) mass is 166 g/mol. The van der Waals surface area contributed by atoms with Gasteiger partial charge in [-0.05, 0) is 24.6 Å². The van der Waals surface area contributed by atoms with Crippen LogP contribution in [-0.4, -0.2) is 7.11 Å². The first-order chi connectivity index (χ1) is 5.65. The van der Waals surface area contributed by atoms with Gasteiger partial charge in [0.1, 0.15) is 5.75 Å². The van der Waals surface area contributed by atoms with E-state index >= 15 is 0 Å². The number of nitrogen functional groups attached to an aromatic ring is 1. The number of hydrogen-bond acceptors (Lipinski definition) is 3. The molecular formula is C9H14N2O. The normalized spacial score (nSPS) is 12.6. The molecule has 66 valence electrons. The van der Waals surface area contributed by atoms with Crippen molar-refractivity contribution in [2.45, 2.75) is 13.0 Å². The van der Waals surface area contributed by atoms with E-state index in [0.717, 1.165) is 5.56 Å². The van der Waals surface area contributed by atoms with Crippen LogP contribution in [0.3, 0.4) is 0 Å². The van der Waals surface area contributed by atoms with Crippen LogP contribution in [0.15, 0.2) is 18.2 Å². The van der Waals surface area contributed by atoms with Crippen molar-refractivity contribution in [2.24, 2.45) is 5.73 Å². The Labute approximate surface area is 72.3 Å². The molecule has 4 N–H and O–H groups in total. The topological polar surface area (TPSA) is 61.3 Å². The predicted molar refractivity (Wildman–Crippen MR) is 50.0 cm³/mol. The summed E-state index contributed by atoms with van der Waals surface area (Å²) in [5.41, 5.74) is 13.0. The first-order valence-corrected chi connectivity index (χ1v) is 3.84. The lowest BCUT2D eigenvalue weighted by Crippen LogP contribution is -2.05. The molecule has 3 heteroatoms. The highest BCUT2D eigenvalue weighted by Gasteiger charge is 2.02. The largest absolute Gasteiger partial charge is 0.495 e. The standard InChI is InChI=1S/C9H14N2O/c1-6(10)7-3-4-9(12-2)8(11)5-7/h3-6H,10-11H2,1-2H3/t6-/m1/s1. The summed E-state index contributed by atoms with van der Waals surface area (Å²) in [5, 5.41) is 0. The maximum Gasteiger partial charge on any atom is 0.141 e. The summed E-state index contributed by atoms with van der Waals surface area (Å²) in [6.45, 7) is 1.92. The van der Waals surface area contributed by atoms with E-state index in [1.807, 2.05) is 25.1 Å². The first kappa shape index (κ1) is 8.87. The number of rotatable bonds is 2. The molecule has 0 spiro atoms. The van der Waals surface area contributed by atoms with E-state index in [9.17, 15) is 0 Å². The average Bonchev–Trinajstić information content (AvgIpc) is 2.04. The fraction of sp³-hybridized carbons (Fsp3) is 0.333. The van der Waals surface area contributed by atoms with Crippen molar-refractivity contribution in [3.63, 3.8) is 0 Å². The summed E-state index contributed by atoms with van der Waals surface area (Å²) in [7, 11) is 1.59. The number of nitrogens with two attached hydrogens (primary N) is 2. The summed E-state index contributed by atoms with van der Waals surface area (Å²) >= 11 is 0. The van der Waals surface area contributed by atoms with Crippen molar-refractivity contribution in [2.75, 3.05) is 12.8 Å². The number of hydrogen-bond donors (Lipinski definition) is 2. The minimum Gasteiger partial charge on any atom is -0.495 e. The lowest BCUT2D eigenvalue weighted by molar-refractivity contribution is 0.417. The Hall–Kier alpha value is -1.22. The summed E-state index contributed by atoms with van der Waals surface area (Å²) in [6.07, 6.45) is 0. The molecule has 1 aromatic carbocycles. The van der Waals surface area contributed by atoms with Crippen LogP contribution in [0.2, 0.25) is 0 Å². The van der Waals surface area contributed by atoms with E-state index in [0.29, 0.717) is 11.4 Å². The Bertz CT molecular complexity index is 271. The third-order valence-electron chi connectivity index (χ3n) is 1.78. The van der Waals surface area contributed by atoms with Crippen molar-refractivity contribution < 1.29 is 4.74 Å². The Kier molecular flexibility index (Phi) is 2.55. The first-order valence-electron chi connectivity index (χ1n) is 3.84. The van der Waals surface area contributed by atoms with E-state index in [4.69, 9.17) is 16.2 Å². The molecule has 1 atom stereocenters. The molecule has 0 heterocycles. The zero-order valence-corrected chi connectivity index (χ0v) is 7.37. The average molecular weight is 166 g/mol. The second kappa shape index (κ2) is 3.45. The van der Waals surface area contributed by atoms with Crippen LogP contribution in [0, 0.1) is 0 Å². The van der Waals surface area contributed by atoms with Gasteiger partial charge in [-0.3, -0.25) is 0 Å². The predicted octanol–water partition coefficient (Wildman–Crippen LogP) is 1.30. The second-order valence-corrected chi connectivity index (χ2v) is 2.79. The van der Waals surface area contributed by atoms with E-state index in [-0.39, 0.29) is 6.04 Å². The third kappa shape index (κ3) is 1.68. The molecule has 0 radical (unpaired) electrons. The molecule has 0 aliphatic rings. The molecule has 12 heavy (non-hydrogen) atoms. The third-order valence-corrected chi connectivity index (χ3v) is 1.78. The van der Waals surface area contributed by atoms with Gasteiger partial charge in [-0.25, -0.2) is 0 Å². The van der Waals surface area contributed by atoms with Gasteiger partial charge in [0, 0.05) is 6.04 Å². The van der Waals surface area contributed by atoms with Crippen LogP contribution < -0.4 is 16.2 Å². The van der Waals surface area contributed by atoms with Gasteiger partial charge in [0.2, 0.25) is 0 Å². The summed E-state index contributed by atoms with van der Waals surface area (Å²) in [4.78, 5) is 0. The van der Waals surface area contributed by atoms with Gasteiger partial charge in [0.05, 0.1) is 12.8 Å². The van der Waals surface area contributed by atoms with E-state index in [2.05, 4.69) is 0 Å². The molecular weight excluding hydrogens is 152 g/mol. The van der Waals surface area contributed by atoms with E-state index in [1.54, 1.807) is 7.11 Å². The Morgan fingerprint density at radius 1 is 1.42 bits per heavy atom. The van der Waals surface area contributed by atoms with Crippen LogP contribution >= 0.6 is 0 Å². The molecule has 1 rings (SSSR count). The molecule has 0 saturated carbocycles. The zero-order valence-electron chi connectivity index (χ0n) is 7.37. The maximum atomic E-state index is 5.69. The Balaban J connectivity index is 3.02. The molecule has 1 aromatic rings. The number of benzene rings is 1. The van der Waals surface area contributed by atoms with Crippen LogP contribution in [0.5, 0.6) is 5.75 Å². The molecule has 0 saturated heterocycles. The minimum absolute atomic E-state index is 0.0122. The number of anilines is 1. The highest BCUT2D eigenvalue weighted by atomic mass is 16.5. The van der Waals surface area contributed by atoms with Gasteiger partial charge in [0.25, 0.3) is 0 Å². The van der Waals surface area contributed by atoms with Gasteiger partial charge in [0.15, 0.2) is 0 Å². The highest BCUT2D eigenvalue weighted by molar-refractivity contribution is 5.54. The van der Waals surface area contributed by atoms with Crippen LogP contribution in [0.4, 0.5) is 5.69 Å². The maximum absolute atomic E-state index is 5.69. The second-order valence-electron chi connectivity index (χ2n) is 2.79. The van der Waals surface area contributed by atoms with Crippen molar-refractivity contribution in [3.05, 3.63) is 23.8 Å². The molecule has 0 fully saturated rings. The molecule has 0 amide bonds. The van der Waals surface area contributed by atoms with Crippen LogP contribution in [0.1, 0.15) is 18.5 Å². The molecule has 0 aliphatic heterocycles. The van der Waals surface area contributed by atoms with Gasteiger partial charge in [-0.2, -0.15) is 0 Å². The molecule has 0 aromatic heterocycles. The lowest BCUT2D eigenvalue weighted by Gasteiger charge is -2.09. The van der Waals surface area contributed by atoms with Crippen molar-refractivity contribution in [1.29, 1.82) is 0 Å². The van der Waals surface area contributed by atoms with Gasteiger partial charge in [-0.15, -0.1) is 0 Å². The van der Waals surface area contributed by atoms with Crippen LogP contribution in [0.25, 0.3) is 0 Å². The van der Waals surface area contributed by atoms with Crippen molar-refractivity contribution in [3.8, 4) is 5.75 Å². The van der Waals surface area contributed by atoms with Crippen LogP contribution in [-0.2, 0) is 0 Å². The lowest BCUT2D eigenvalue weighted by atomic mass is 10.1. The summed E-state index contributed by atoms with van der Waals surface area (Å²) in [5.74, 6) is 0.694. The summed E-state index contributed by atoms with van der Waals surface area (Å²) in [6, 6.07) is 5.59. The molecule has 0 aliphatic carbocycles. The van der Waals surface area contributed by atoms with E-state index < -0.39 is 0 Å². The number of methoxy groups -OCH3 is 1. The quantitative estimate of drug-likeness (QED) is 0.651. The SMILES string of the molecule is COc1ccc([C@@H](C)N)cc1N. The number of ether oxygens (including phenoxy) is 1. The van der Waals surface area contributed by atoms with E-state index in [1.165, 1.54) is 0 Å². The fourth-order valence-electron chi connectivity index (χ4n) is 1.04. The van der Waals surface area contributed by atoms with Gasteiger partial charge in [-0.1, -0.05) is 6.07 Å². The molecule has 0 unspecified atom stereocenters. The fourth-order valence-corrected chi connectivity index (χ4v) is 1.04. The Morgan fingerprint density at radius 3 is 2.50 bits per heavy atom. The minimum atomic E-state index is 0.0122. The Morgan fingerprint density at radius 2 is 2.08 bits per heavy atom. The molecule has 3 nitrogen and oxygen atoms in total. The van der Waals surface area contributed by atoms with Gasteiger partial charge < -0.3 is 16.2 Å². The van der Waals surface area contributed by atoms with Crippen molar-refractivity contribution >= 4 is 5.69 Å². The highest BCUT2D eigenvalue weighted by Crippen LogP contribution is 2.23. The van der Waals surface area contributed by atoms with Gasteiger partial charge >= 0.3 is 0 Å². The van der Waals surface area contributed by atoms with Crippen molar-refractivity contribution in [1.82, 2.24) is 0 Å². The zero-order chi connectivity index (χ0) is 9.14. The molecule has 0 bridgehead atoms. The summed E-state index contributed by atoms with van der Waals surface area (Å²) < 4.78 is 5.01. The smallest absolute Gasteiger partial charge is 0.141 e.